The topological polar surface area (TPSA) is 18.5 Å². The average molecular weight is 262 g/mol. The number of methoxy groups -OCH3 is 2. The van der Waals surface area contributed by atoms with E-state index in [0.717, 1.165) is 17.4 Å². The summed E-state index contributed by atoms with van der Waals surface area (Å²) in [6.07, 6.45) is 8.31. The van der Waals surface area contributed by atoms with E-state index in [9.17, 15) is 0 Å². The van der Waals surface area contributed by atoms with Crippen LogP contribution in [-0.2, 0) is 0 Å². The van der Waals surface area contributed by atoms with Gasteiger partial charge < -0.3 is 9.47 Å². The van der Waals surface area contributed by atoms with Crippen LogP contribution < -0.4 is 9.47 Å². The van der Waals surface area contributed by atoms with Crippen LogP contribution in [0.15, 0.2) is 18.2 Å². The van der Waals surface area contributed by atoms with Gasteiger partial charge >= 0.3 is 0 Å². The first-order valence-corrected chi connectivity index (χ1v) is 7.47. The Bertz CT molecular complexity index is 394. The van der Waals surface area contributed by atoms with Crippen LogP contribution in [0.2, 0.25) is 0 Å². The number of hydrogen-bond acceptors (Lipinski definition) is 2. The third-order valence-electron chi connectivity index (χ3n) is 4.38. The van der Waals surface area contributed by atoms with E-state index in [1.807, 2.05) is 6.07 Å². The summed E-state index contributed by atoms with van der Waals surface area (Å²) < 4.78 is 10.9. The standard InChI is InChI=1S/C17H26O2/c1-13(12-14-8-5-4-6-9-14)15-10-7-11-16(18-2)17(15)19-3/h7,10-11,13-14H,4-6,8-9,12H2,1-3H3. The maximum Gasteiger partial charge on any atom is 0.164 e. The molecule has 0 amide bonds. The highest BCUT2D eigenvalue weighted by atomic mass is 16.5. The fraction of sp³-hybridized carbons (Fsp3) is 0.647. The van der Waals surface area contributed by atoms with Crippen molar-refractivity contribution in [2.75, 3.05) is 14.2 Å². The molecule has 0 aromatic heterocycles. The zero-order chi connectivity index (χ0) is 13.7. The van der Waals surface area contributed by atoms with Gasteiger partial charge in [0.1, 0.15) is 0 Å². The third kappa shape index (κ3) is 3.43. The van der Waals surface area contributed by atoms with Gasteiger partial charge in [0.15, 0.2) is 11.5 Å². The smallest absolute Gasteiger partial charge is 0.164 e. The molecule has 1 unspecified atom stereocenters. The summed E-state index contributed by atoms with van der Waals surface area (Å²) in [5, 5.41) is 0. The van der Waals surface area contributed by atoms with Gasteiger partial charge in [-0.1, -0.05) is 51.2 Å². The lowest BCUT2D eigenvalue weighted by Crippen LogP contribution is -2.10. The average Bonchev–Trinajstić information content (AvgIpc) is 2.47. The van der Waals surface area contributed by atoms with E-state index in [2.05, 4.69) is 19.1 Å². The summed E-state index contributed by atoms with van der Waals surface area (Å²) in [6.45, 7) is 2.31. The van der Waals surface area contributed by atoms with Gasteiger partial charge in [-0.2, -0.15) is 0 Å². The zero-order valence-corrected chi connectivity index (χ0v) is 12.4. The van der Waals surface area contributed by atoms with Gasteiger partial charge in [0.2, 0.25) is 0 Å². The molecule has 19 heavy (non-hydrogen) atoms. The Labute approximate surface area is 117 Å². The minimum absolute atomic E-state index is 0.535. The third-order valence-corrected chi connectivity index (χ3v) is 4.38. The van der Waals surface area contributed by atoms with E-state index in [4.69, 9.17) is 9.47 Å². The molecule has 1 aromatic carbocycles. The van der Waals surface area contributed by atoms with Crippen LogP contribution >= 0.6 is 0 Å². The molecule has 2 rings (SSSR count). The molecule has 0 saturated heterocycles. The highest BCUT2D eigenvalue weighted by molar-refractivity contribution is 5.48. The predicted molar refractivity (Wildman–Crippen MR) is 79.2 cm³/mol. The van der Waals surface area contributed by atoms with E-state index in [0.29, 0.717) is 5.92 Å². The maximum atomic E-state index is 5.55. The minimum Gasteiger partial charge on any atom is -0.493 e. The second kappa shape index (κ2) is 6.83. The molecule has 0 radical (unpaired) electrons. The Morgan fingerprint density at radius 3 is 2.47 bits per heavy atom. The summed E-state index contributed by atoms with van der Waals surface area (Å²) in [4.78, 5) is 0. The molecule has 1 saturated carbocycles. The first-order valence-electron chi connectivity index (χ1n) is 7.47. The van der Waals surface area contributed by atoms with Crippen molar-refractivity contribution in [3.63, 3.8) is 0 Å². The number of benzene rings is 1. The second-order valence-electron chi connectivity index (χ2n) is 5.72. The lowest BCUT2D eigenvalue weighted by Gasteiger charge is -2.26. The molecule has 0 heterocycles. The number of para-hydroxylation sites is 1. The molecule has 0 bridgehead atoms. The van der Waals surface area contributed by atoms with E-state index < -0.39 is 0 Å². The van der Waals surface area contributed by atoms with Crippen LogP contribution in [0.4, 0.5) is 0 Å². The quantitative estimate of drug-likeness (QED) is 0.760. The molecule has 1 atom stereocenters. The SMILES string of the molecule is COc1cccc(C(C)CC2CCCCC2)c1OC. The molecule has 1 aliphatic carbocycles. The number of ether oxygens (including phenoxy) is 2. The van der Waals surface area contributed by atoms with Crippen LogP contribution in [0.25, 0.3) is 0 Å². The summed E-state index contributed by atoms with van der Waals surface area (Å²) in [5.41, 5.74) is 1.28. The Hall–Kier alpha value is -1.18. The van der Waals surface area contributed by atoms with Crippen molar-refractivity contribution in [3.8, 4) is 11.5 Å². The maximum absolute atomic E-state index is 5.55. The summed E-state index contributed by atoms with van der Waals surface area (Å²) >= 11 is 0. The largest absolute Gasteiger partial charge is 0.493 e. The Balaban J connectivity index is 2.11. The second-order valence-corrected chi connectivity index (χ2v) is 5.72. The Morgan fingerprint density at radius 1 is 1.11 bits per heavy atom. The molecule has 0 N–H and O–H groups in total. The molecule has 0 spiro atoms. The lowest BCUT2D eigenvalue weighted by atomic mass is 9.81. The first-order chi connectivity index (χ1) is 9.26. The van der Waals surface area contributed by atoms with Gasteiger partial charge in [-0.25, -0.2) is 0 Å². The van der Waals surface area contributed by atoms with Crippen LogP contribution in [0, 0.1) is 5.92 Å². The normalized spacial score (nSPS) is 18.1. The van der Waals surface area contributed by atoms with Crippen molar-refractivity contribution in [2.45, 2.75) is 51.4 Å². The van der Waals surface area contributed by atoms with Gasteiger partial charge in [-0.15, -0.1) is 0 Å². The molecule has 1 aromatic rings. The van der Waals surface area contributed by atoms with Gasteiger partial charge in [0.25, 0.3) is 0 Å². The predicted octanol–water partition coefficient (Wildman–Crippen LogP) is 4.78. The molecule has 106 valence electrons. The molecule has 1 aliphatic rings. The minimum atomic E-state index is 0.535. The van der Waals surface area contributed by atoms with Crippen molar-refractivity contribution < 1.29 is 9.47 Å². The summed E-state index contributed by atoms with van der Waals surface area (Å²) in [7, 11) is 3.43. The van der Waals surface area contributed by atoms with E-state index in [1.54, 1.807) is 14.2 Å². The van der Waals surface area contributed by atoms with Gasteiger partial charge in [0, 0.05) is 5.56 Å². The number of hydrogen-bond donors (Lipinski definition) is 0. The van der Waals surface area contributed by atoms with Crippen molar-refractivity contribution in [1.29, 1.82) is 0 Å². The first kappa shape index (κ1) is 14.2. The van der Waals surface area contributed by atoms with Gasteiger partial charge in [-0.3, -0.25) is 0 Å². The van der Waals surface area contributed by atoms with Gasteiger partial charge in [0.05, 0.1) is 14.2 Å². The number of rotatable bonds is 5. The Morgan fingerprint density at radius 2 is 1.84 bits per heavy atom. The van der Waals surface area contributed by atoms with E-state index in [-0.39, 0.29) is 0 Å². The van der Waals surface area contributed by atoms with E-state index in [1.165, 1.54) is 44.1 Å². The summed E-state index contributed by atoms with van der Waals surface area (Å²) in [5.74, 6) is 3.18. The highest BCUT2D eigenvalue weighted by Gasteiger charge is 2.20. The van der Waals surface area contributed by atoms with Crippen LogP contribution in [0.3, 0.4) is 0 Å². The summed E-state index contributed by atoms with van der Waals surface area (Å²) in [6, 6.07) is 6.21. The molecule has 2 nitrogen and oxygen atoms in total. The Kier molecular flexibility index (Phi) is 5.12. The van der Waals surface area contributed by atoms with Crippen molar-refractivity contribution in [2.24, 2.45) is 5.92 Å². The zero-order valence-electron chi connectivity index (χ0n) is 12.4. The van der Waals surface area contributed by atoms with Gasteiger partial charge in [-0.05, 0) is 24.3 Å². The molecule has 0 aliphatic heterocycles. The van der Waals surface area contributed by atoms with Crippen molar-refractivity contribution in [1.82, 2.24) is 0 Å². The van der Waals surface area contributed by atoms with Crippen molar-refractivity contribution in [3.05, 3.63) is 23.8 Å². The van der Waals surface area contributed by atoms with Crippen LogP contribution in [0.5, 0.6) is 11.5 Å². The molecular formula is C17H26O2. The monoisotopic (exact) mass is 262 g/mol. The molecule has 2 heteroatoms. The van der Waals surface area contributed by atoms with Crippen LogP contribution in [0.1, 0.15) is 56.9 Å². The fourth-order valence-electron chi connectivity index (χ4n) is 3.35. The lowest BCUT2D eigenvalue weighted by molar-refractivity contribution is 0.315. The van der Waals surface area contributed by atoms with Crippen molar-refractivity contribution >= 4 is 0 Å². The highest BCUT2D eigenvalue weighted by Crippen LogP contribution is 2.39. The van der Waals surface area contributed by atoms with E-state index >= 15 is 0 Å². The van der Waals surface area contributed by atoms with Crippen LogP contribution in [-0.4, -0.2) is 14.2 Å². The molecule has 1 fully saturated rings. The fourth-order valence-corrected chi connectivity index (χ4v) is 3.35. The molecular weight excluding hydrogens is 236 g/mol.